The molecule has 0 atom stereocenters. The minimum absolute atomic E-state index is 0.0243. The lowest BCUT2D eigenvalue weighted by molar-refractivity contribution is -0.384. The number of nitrogens with one attached hydrogen (secondary N) is 1. The highest BCUT2D eigenvalue weighted by Crippen LogP contribution is 2.31. The lowest BCUT2D eigenvalue weighted by atomic mass is 10.2. The van der Waals surface area contributed by atoms with Crippen LogP contribution in [0.3, 0.4) is 0 Å². The van der Waals surface area contributed by atoms with Gasteiger partial charge in [-0.25, -0.2) is 8.42 Å². The van der Waals surface area contributed by atoms with Crippen LogP contribution in [0.2, 0.25) is 0 Å². The van der Waals surface area contributed by atoms with E-state index in [1.807, 2.05) is 0 Å². The van der Waals surface area contributed by atoms with Crippen molar-refractivity contribution in [1.82, 2.24) is 9.36 Å². The van der Waals surface area contributed by atoms with Crippen molar-refractivity contribution < 1.29 is 22.8 Å². The Morgan fingerprint density at radius 3 is 2.54 bits per heavy atom. The van der Waals surface area contributed by atoms with Gasteiger partial charge in [0, 0.05) is 35.3 Å². The molecule has 2 aromatic carbocycles. The Morgan fingerprint density at radius 1 is 1.11 bits per heavy atom. The van der Waals surface area contributed by atoms with Crippen LogP contribution in [0.1, 0.15) is 0 Å². The van der Waals surface area contributed by atoms with E-state index in [0.717, 1.165) is 11.5 Å². The number of ether oxygens (including phenoxy) is 2. The van der Waals surface area contributed by atoms with Crippen LogP contribution >= 0.6 is 11.5 Å². The van der Waals surface area contributed by atoms with Crippen LogP contribution in [0, 0.1) is 10.1 Å². The smallest absolute Gasteiger partial charge is 0.270 e. The fraction of sp³-hybridized carbons (Fsp3) is 0.125. The van der Waals surface area contributed by atoms with Crippen LogP contribution < -0.4 is 14.2 Å². The van der Waals surface area contributed by atoms with Crippen LogP contribution in [0.5, 0.6) is 11.5 Å². The number of methoxy groups -OCH3 is 2. The number of rotatable bonds is 7. The van der Waals surface area contributed by atoms with Gasteiger partial charge in [0.15, 0.2) is 17.3 Å². The van der Waals surface area contributed by atoms with Crippen molar-refractivity contribution in [2.45, 2.75) is 4.90 Å². The molecule has 146 valence electrons. The summed E-state index contributed by atoms with van der Waals surface area (Å²) in [5.74, 6) is 0.837. The summed E-state index contributed by atoms with van der Waals surface area (Å²) in [6.07, 6.45) is 0. The SMILES string of the molecule is COc1ccc(S(=O)(=O)Nc2nc(-c3cccc([N+](=O)[O-])c3)ns2)cc1OC. The topological polar surface area (TPSA) is 134 Å². The fourth-order valence-electron chi connectivity index (χ4n) is 2.30. The monoisotopic (exact) mass is 422 g/mol. The largest absolute Gasteiger partial charge is 0.493 e. The van der Waals surface area contributed by atoms with E-state index in [2.05, 4.69) is 14.1 Å². The maximum atomic E-state index is 12.6. The van der Waals surface area contributed by atoms with Crippen molar-refractivity contribution in [2.75, 3.05) is 18.9 Å². The molecular formula is C16H14N4O6S2. The van der Waals surface area contributed by atoms with Gasteiger partial charge in [-0.2, -0.15) is 9.36 Å². The zero-order valence-corrected chi connectivity index (χ0v) is 16.3. The van der Waals surface area contributed by atoms with E-state index in [1.165, 1.54) is 50.6 Å². The summed E-state index contributed by atoms with van der Waals surface area (Å²) in [4.78, 5) is 14.4. The van der Waals surface area contributed by atoms with Crippen molar-refractivity contribution in [3.63, 3.8) is 0 Å². The normalized spacial score (nSPS) is 11.1. The quantitative estimate of drug-likeness (QED) is 0.454. The third kappa shape index (κ3) is 4.02. The molecular weight excluding hydrogens is 408 g/mol. The Hall–Kier alpha value is -3.25. The van der Waals surface area contributed by atoms with Crippen molar-refractivity contribution >= 4 is 32.4 Å². The Balaban J connectivity index is 1.86. The van der Waals surface area contributed by atoms with E-state index in [4.69, 9.17) is 9.47 Å². The minimum atomic E-state index is -3.95. The molecule has 0 fully saturated rings. The molecule has 12 heteroatoms. The summed E-state index contributed by atoms with van der Waals surface area (Å²) in [7, 11) is -1.10. The molecule has 0 amide bonds. The number of aromatic nitrogens is 2. The third-order valence-electron chi connectivity index (χ3n) is 3.63. The number of sulfonamides is 1. The first kappa shape index (κ1) is 19.5. The standard InChI is InChI=1S/C16H14N4O6S2/c1-25-13-7-6-12(9-14(13)26-2)28(23,24)19-16-17-15(18-27-16)10-4-3-5-11(8-10)20(21)22/h3-9H,1-2H3,(H,17,18,19). The molecule has 3 rings (SSSR count). The highest BCUT2D eigenvalue weighted by molar-refractivity contribution is 7.93. The average Bonchev–Trinajstić information content (AvgIpc) is 3.15. The van der Waals surface area contributed by atoms with Crippen LogP contribution in [0.25, 0.3) is 11.4 Å². The molecule has 0 bridgehead atoms. The molecule has 3 aromatic rings. The van der Waals surface area contributed by atoms with Gasteiger partial charge < -0.3 is 9.47 Å². The fourth-order valence-corrected chi connectivity index (χ4v) is 4.13. The molecule has 1 N–H and O–H groups in total. The highest BCUT2D eigenvalue weighted by Gasteiger charge is 2.20. The first-order valence-corrected chi connectivity index (χ1v) is 9.93. The second-order valence-corrected chi connectivity index (χ2v) is 7.79. The number of nitrogens with zero attached hydrogens (tertiary/aromatic N) is 3. The maximum Gasteiger partial charge on any atom is 0.270 e. The molecule has 0 radical (unpaired) electrons. The number of anilines is 1. The third-order valence-corrected chi connectivity index (χ3v) is 5.72. The van der Waals surface area contributed by atoms with E-state index < -0.39 is 14.9 Å². The Labute approximate surface area is 164 Å². The molecule has 10 nitrogen and oxygen atoms in total. The molecule has 0 aliphatic heterocycles. The van der Waals surface area contributed by atoms with Crippen LogP contribution in [0.15, 0.2) is 47.4 Å². The van der Waals surface area contributed by atoms with Gasteiger partial charge in [0.25, 0.3) is 15.7 Å². The maximum absolute atomic E-state index is 12.6. The Bertz CT molecular complexity index is 1130. The van der Waals surface area contributed by atoms with Crippen molar-refractivity contribution in [2.24, 2.45) is 0 Å². The Morgan fingerprint density at radius 2 is 1.86 bits per heavy atom. The highest BCUT2D eigenvalue weighted by atomic mass is 32.2. The van der Waals surface area contributed by atoms with Gasteiger partial charge >= 0.3 is 0 Å². The molecule has 28 heavy (non-hydrogen) atoms. The van der Waals surface area contributed by atoms with Crippen LogP contribution in [-0.2, 0) is 10.0 Å². The number of hydrogen-bond acceptors (Lipinski definition) is 9. The van der Waals surface area contributed by atoms with Crippen LogP contribution in [-0.4, -0.2) is 36.9 Å². The molecule has 0 aliphatic carbocycles. The summed E-state index contributed by atoms with van der Waals surface area (Å²) in [6.45, 7) is 0. The van der Waals surface area contributed by atoms with E-state index in [0.29, 0.717) is 11.3 Å². The summed E-state index contributed by atoms with van der Waals surface area (Å²) < 4.78 is 41.8. The van der Waals surface area contributed by atoms with E-state index in [-0.39, 0.29) is 27.3 Å². The van der Waals surface area contributed by atoms with Gasteiger partial charge in [-0.15, -0.1) is 0 Å². The summed E-state index contributed by atoms with van der Waals surface area (Å²) >= 11 is 0.821. The number of nitro benzene ring substituents is 1. The Kier molecular flexibility index (Phi) is 5.42. The predicted molar refractivity (Wildman–Crippen MR) is 102 cm³/mol. The van der Waals surface area contributed by atoms with Gasteiger partial charge in [-0.3, -0.25) is 14.8 Å². The van der Waals surface area contributed by atoms with Gasteiger partial charge in [0.05, 0.1) is 24.0 Å². The number of nitro groups is 1. The second kappa shape index (κ2) is 7.78. The minimum Gasteiger partial charge on any atom is -0.493 e. The summed E-state index contributed by atoms with van der Waals surface area (Å²) in [5, 5.41) is 10.9. The predicted octanol–water partition coefficient (Wildman–Crippen LogP) is 2.93. The molecule has 0 unspecified atom stereocenters. The van der Waals surface area contributed by atoms with Gasteiger partial charge in [-0.05, 0) is 12.1 Å². The van der Waals surface area contributed by atoms with E-state index in [9.17, 15) is 18.5 Å². The molecule has 1 heterocycles. The molecule has 0 saturated heterocycles. The average molecular weight is 422 g/mol. The molecule has 0 saturated carbocycles. The van der Waals surface area contributed by atoms with Gasteiger partial charge in [0.1, 0.15) is 0 Å². The lowest BCUT2D eigenvalue weighted by Gasteiger charge is -2.10. The summed E-state index contributed by atoms with van der Waals surface area (Å²) in [5.41, 5.74) is 0.293. The van der Waals surface area contributed by atoms with Crippen molar-refractivity contribution in [3.05, 3.63) is 52.6 Å². The molecule has 1 aromatic heterocycles. The first-order valence-electron chi connectivity index (χ1n) is 7.67. The van der Waals surface area contributed by atoms with Crippen LogP contribution in [0.4, 0.5) is 10.8 Å². The second-order valence-electron chi connectivity index (χ2n) is 5.35. The first-order chi connectivity index (χ1) is 13.3. The zero-order chi connectivity index (χ0) is 20.3. The number of benzene rings is 2. The van der Waals surface area contributed by atoms with E-state index >= 15 is 0 Å². The zero-order valence-electron chi connectivity index (χ0n) is 14.6. The number of hydrogen-bond donors (Lipinski definition) is 1. The van der Waals surface area contributed by atoms with Gasteiger partial charge in [-0.1, -0.05) is 12.1 Å². The van der Waals surface area contributed by atoms with E-state index in [1.54, 1.807) is 6.07 Å². The molecule has 0 spiro atoms. The van der Waals surface area contributed by atoms with Crippen molar-refractivity contribution in [3.8, 4) is 22.9 Å². The number of non-ortho nitro benzene ring substituents is 1. The summed E-state index contributed by atoms with van der Waals surface area (Å²) in [6, 6.07) is 9.92. The lowest BCUT2D eigenvalue weighted by Crippen LogP contribution is -2.13. The molecule has 0 aliphatic rings. The van der Waals surface area contributed by atoms with Gasteiger partial charge in [0.2, 0.25) is 5.13 Å². The van der Waals surface area contributed by atoms with Crippen molar-refractivity contribution in [1.29, 1.82) is 0 Å².